The van der Waals surface area contributed by atoms with Crippen molar-refractivity contribution in [3.05, 3.63) is 52.3 Å². The number of benzene rings is 1. The molecule has 6 nitrogen and oxygen atoms in total. The molecule has 0 unspecified atom stereocenters. The number of amides is 1. The summed E-state index contributed by atoms with van der Waals surface area (Å²) in [5, 5.41) is 2.81. The minimum atomic E-state index is -0.456. The summed E-state index contributed by atoms with van der Waals surface area (Å²) in [5.41, 5.74) is 1.91. The highest BCUT2D eigenvalue weighted by Gasteiger charge is 2.10. The number of carbonyl (C=O) groups is 2. The molecule has 0 bridgehead atoms. The number of hydrogen-bond donors (Lipinski definition) is 1. The fraction of sp³-hybridized carbons (Fsp3) is 0.188. The second-order valence-corrected chi connectivity index (χ2v) is 5.60. The molecule has 0 fully saturated rings. The number of carbonyl (C=O) groups excluding carboxylic acids is 2. The van der Waals surface area contributed by atoms with Crippen molar-refractivity contribution in [2.24, 2.45) is 0 Å². The molecule has 0 spiro atoms. The zero-order valence-electron chi connectivity index (χ0n) is 12.6. The molecule has 120 valence electrons. The Morgan fingerprint density at radius 2 is 2.04 bits per heavy atom. The van der Waals surface area contributed by atoms with E-state index in [0.717, 1.165) is 10.0 Å². The second kappa shape index (κ2) is 7.73. The fourth-order valence-electron chi connectivity index (χ4n) is 1.80. The molecule has 0 saturated carbocycles. The van der Waals surface area contributed by atoms with E-state index >= 15 is 0 Å². The predicted octanol–water partition coefficient (Wildman–Crippen LogP) is 2.96. The van der Waals surface area contributed by atoms with E-state index in [2.05, 4.69) is 31.0 Å². The van der Waals surface area contributed by atoms with Crippen LogP contribution < -0.4 is 10.1 Å². The number of pyridine rings is 1. The Kier molecular flexibility index (Phi) is 5.70. The van der Waals surface area contributed by atoms with Gasteiger partial charge in [0.2, 0.25) is 0 Å². The lowest BCUT2D eigenvalue weighted by atomic mass is 10.1. The maximum absolute atomic E-state index is 12.2. The third kappa shape index (κ3) is 4.79. The van der Waals surface area contributed by atoms with Gasteiger partial charge in [0.1, 0.15) is 5.75 Å². The molecular formula is C16H15BrN2O4. The number of ether oxygens (including phenoxy) is 2. The van der Waals surface area contributed by atoms with Crippen LogP contribution in [0.3, 0.4) is 0 Å². The molecule has 0 aliphatic heterocycles. The predicted molar refractivity (Wildman–Crippen MR) is 88.6 cm³/mol. The van der Waals surface area contributed by atoms with E-state index in [4.69, 9.17) is 4.74 Å². The first-order valence-corrected chi connectivity index (χ1v) is 7.51. The van der Waals surface area contributed by atoms with Crippen LogP contribution in [0.25, 0.3) is 0 Å². The maximum Gasteiger partial charge on any atom is 0.343 e. The summed E-state index contributed by atoms with van der Waals surface area (Å²) in [6.07, 6.45) is 3.10. The molecule has 1 aromatic heterocycles. The number of anilines is 1. The van der Waals surface area contributed by atoms with E-state index < -0.39 is 5.97 Å². The molecule has 2 rings (SSSR count). The minimum Gasteiger partial charge on any atom is -0.482 e. The zero-order valence-corrected chi connectivity index (χ0v) is 14.2. The molecule has 0 aliphatic carbocycles. The van der Waals surface area contributed by atoms with E-state index in [-0.39, 0.29) is 12.5 Å². The van der Waals surface area contributed by atoms with E-state index in [1.807, 2.05) is 6.92 Å². The van der Waals surface area contributed by atoms with Gasteiger partial charge < -0.3 is 14.8 Å². The number of aryl methyl sites for hydroxylation is 1. The van der Waals surface area contributed by atoms with Crippen molar-refractivity contribution in [2.45, 2.75) is 6.92 Å². The standard InChI is InChI=1S/C16H15BrN2O4/c1-10-5-13(23-9-15(20)22-2)3-4-14(10)19-16(21)11-6-12(17)8-18-7-11/h3-8H,9H2,1-2H3,(H,19,21). The molecule has 7 heteroatoms. The van der Waals surface area contributed by atoms with E-state index in [1.165, 1.54) is 13.3 Å². The number of hydrogen-bond acceptors (Lipinski definition) is 5. The van der Waals surface area contributed by atoms with Crippen molar-refractivity contribution < 1.29 is 19.1 Å². The quantitative estimate of drug-likeness (QED) is 0.809. The number of rotatable bonds is 5. The van der Waals surface area contributed by atoms with Gasteiger partial charge in [-0.3, -0.25) is 9.78 Å². The van der Waals surface area contributed by atoms with Gasteiger partial charge in [-0.2, -0.15) is 0 Å². The molecule has 1 aromatic carbocycles. The number of methoxy groups -OCH3 is 1. The van der Waals surface area contributed by atoms with Gasteiger partial charge in [-0.1, -0.05) is 0 Å². The number of nitrogens with zero attached hydrogens (tertiary/aromatic N) is 1. The molecule has 1 N–H and O–H groups in total. The van der Waals surface area contributed by atoms with Crippen LogP contribution in [0.4, 0.5) is 5.69 Å². The summed E-state index contributed by atoms with van der Waals surface area (Å²) >= 11 is 3.28. The first-order valence-electron chi connectivity index (χ1n) is 6.72. The number of esters is 1. The van der Waals surface area contributed by atoms with E-state index in [9.17, 15) is 9.59 Å². The first kappa shape index (κ1) is 17.0. The second-order valence-electron chi connectivity index (χ2n) is 4.69. The van der Waals surface area contributed by atoms with Crippen LogP contribution in [0.5, 0.6) is 5.75 Å². The number of nitrogens with one attached hydrogen (secondary N) is 1. The van der Waals surface area contributed by atoms with Crippen molar-refractivity contribution in [1.82, 2.24) is 4.98 Å². The molecule has 2 aromatic rings. The van der Waals surface area contributed by atoms with E-state index in [1.54, 1.807) is 30.5 Å². The Hall–Kier alpha value is -2.41. The Labute approximate surface area is 142 Å². The van der Waals surface area contributed by atoms with Gasteiger partial charge in [0, 0.05) is 22.6 Å². The SMILES string of the molecule is COC(=O)COc1ccc(NC(=O)c2cncc(Br)c2)c(C)c1. The third-order valence-corrected chi connectivity index (χ3v) is 3.43. The highest BCUT2D eigenvalue weighted by atomic mass is 79.9. The Morgan fingerprint density at radius 3 is 2.70 bits per heavy atom. The van der Waals surface area contributed by atoms with Gasteiger partial charge >= 0.3 is 5.97 Å². The smallest absolute Gasteiger partial charge is 0.343 e. The molecule has 0 saturated heterocycles. The summed E-state index contributed by atoms with van der Waals surface area (Å²) in [7, 11) is 1.30. The largest absolute Gasteiger partial charge is 0.482 e. The lowest BCUT2D eigenvalue weighted by Gasteiger charge is -2.11. The molecule has 0 aliphatic rings. The summed E-state index contributed by atoms with van der Waals surface area (Å²) in [4.78, 5) is 27.2. The molecule has 0 atom stereocenters. The van der Waals surface area contributed by atoms with E-state index in [0.29, 0.717) is 17.0 Å². The van der Waals surface area contributed by atoms with Crippen molar-refractivity contribution in [2.75, 3.05) is 19.0 Å². The lowest BCUT2D eigenvalue weighted by Crippen LogP contribution is -2.14. The monoisotopic (exact) mass is 378 g/mol. The minimum absolute atomic E-state index is 0.161. The maximum atomic E-state index is 12.2. The molecule has 23 heavy (non-hydrogen) atoms. The van der Waals surface area contributed by atoms with Gasteiger partial charge in [0.05, 0.1) is 12.7 Å². The molecule has 1 amide bonds. The van der Waals surface area contributed by atoms with Gasteiger partial charge in [-0.05, 0) is 52.7 Å². The first-order chi connectivity index (χ1) is 11.0. The third-order valence-electron chi connectivity index (χ3n) is 3.00. The van der Waals surface area contributed by atoms with Gasteiger partial charge in [0.15, 0.2) is 6.61 Å². The summed E-state index contributed by atoms with van der Waals surface area (Å²) in [5.74, 6) is -0.192. The van der Waals surface area contributed by atoms with Crippen molar-refractivity contribution in [3.63, 3.8) is 0 Å². The highest BCUT2D eigenvalue weighted by Crippen LogP contribution is 2.22. The Balaban J connectivity index is 2.06. The van der Waals surface area contributed by atoms with Crippen molar-refractivity contribution in [3.8, 4) is 5.75 Å². The summed E-state index contributed by atoms with van der Waals surface area (Å²) in [6.45, 7) is 1.67. The summed E-state index contributed by atoms with van der Waals surface area (Å²) < 4.78 is 10.5. The topological polar surface area (TPSA) is 77.5 Å². The molecule has 0 radical (unpaired) electrons. The zero-order chi connectivity index (χ0) is 16.8. The van der Waals surface area contributed by atoms with Crippen LogP contribution in [-0.4, -0.2) is 30.6 Å². The average Bonchev–Trinajstić information content (AvgIpc) is 2.54. The summed E-state index contributed by atoms with van der Waals surface area (Å²) in [6, 6.07) is 6.80. The fourth-order valence-corrected chi connectivity index (χ4v) is 2.16. The Bertz CT molecular complexity index is 734. The number of halogens is 1. The lowest BCUT2D eigenvalue weighted by molar-refractivity contribution is -0.142. The molecule has 1 heterocycles. The van der Waals surface area contributed by atoms with Crippen LogP contribution in [0, 0.1) is 6.92 Å². The average molecular weight is 379 g/mol. The normalized spacial score (nSPS) is 10.0. The van der Waals surface area contributed by atoms with Crippen LogP contribution in [0.15, 0.2) is 41.1 Å². The van der Waals surface area contributed by atoms with Crippen LogP contribution >= 0.6 is 15.9 Å². The van der Waals surface area contributed by atoms with Gasteiger partial charge in [0.25, 0.3) is 5.91 Å². The van der Waals surface area contributed by atoms with Crippen LogP contribution in [0.1, 0.15) is 15.9 Å². The van der Waals surface area contributed by atoms with Crippen molar-refractivity contribution >= 4 is 33.5 Å². The Morgan fingerprint density at radius 1 is 1.26 bits per heavy atom. The highest BCUT2D eigenvalue weighted by molar-refractivity contribution is 9.10. The van der Waals surface area contributed by atoms with Gasteiger partial charge in [-0.25, -0.2) is 4.79 Å². The van der Waals surface area contributed by atoms with Gasteiger partial charge in [-0.15, -0.1) is 0 Å². The number of aromatic nitrogens is 1. The van der Waals surface area contributed by atoms with Crippen molar-refractivity contribution in [1.29, 1.82) is 0 Å². The molecular weight excluding hydrogens is 364 g/mol. The van der Waals surface area contributed by atoms with Crippen LogP contribution in [0.2, 0.25) is 0 Å². The van der Waals surface area contributed by atoms with Crippen LogP contribution in [-0.2, 0) is 9.53 Å².